The number of nitrogens with zero attached hydrogens (tertiary/aromatic N) is 3. The second-order valence-corrected chi connectivity index (χ2v) is 9.00. The van der Waals surface area contributed by atoms with E-state index in [0.29, 0.717) is 5.69 Å². The van der Waals surface area contributed by atoms with Crippen molar-refractivity contribution in [3.8, 4) is 0 Å². The molecule has 2 aromatic rings. The molecule has 0 atom stereocenters. The number of hydrogen-bond donors (Lipinski definition) is 1. The molecule has 5 nitrogen and oxygen atoms in total. The summed E-state index contributed by atoms with van der Waals surface area (Å²) in [5, 5.41) is 3.53. The Hall–Kier alpha value is -2.22. The zero-order valence-corrected chi connectivity index (χ0v) is 18.8. The largest absolute Gasteiger partial charge is 0.325 e. The average Bonchev–Trinajstić information content (AvgIpc) is 3.14. The summed E-state index contributed by atoms with van der Waals surface area (Å²) in [7, 11) is 0. The zero-order chi connectivity index (χ0) is 21.8. The van der Waals surface area contributed by atoms with Crippen molar-refractivity contribution >= 4 is 45.7 Å². The summed E-state index contributed by atoms with van der Waals surface area (Å²) in [5.41, 5.74) is 1.90. The van der Waals surface area contributed by atoms with Gasteiger partial charge in [0.15, 0.2) is 5.66 Å². The molecule has 2 heterocycles. The van der Waals surface area contributed by atoms with E-state index < -0.39 is 11.5 Å². The van der Waals surface area contributed by atoms with E-state index in [1.54, 1.807) is 0 Å². The molecule has 1 saturated heterocycles. The Kier molecular flexibility index (Phi) is 6.74. The number of hydrogen-bond acceptors (Lipinski definition) is 5. The maximum absolute atomic E-state index is 13.3. The Bertz CT molecular complexity index is 1020. The third-order valence-corrected chi connectivity index (χ3v) is 6.78. The van der Waals surface area contributed by atoms with Crippen molar-refractivity contribution in [2.75, 3.05) is 30.7 Å². The predicted molar refractivity (Wildman–Crippen MR) is 127 cm³/mol. The van der Waals surface area contributed by atoms with Gasteiger partial charge >= 0.3 is 0 Å². The molecule has 31 heavy (non-hydrogen) atoms. The topological polar surface area (TPSA) is 57.1 Å². The van der Waals surface area contributed by atoms with Gasteiger partial charge in [0.25, 0.3) is 0 Å². The highest BCUT2D eigenvalue weighted by Crippen LogP contribution is 2.35. The first-order chi connectivity index (χ1) is 15.0. The van der Waals surface area contributed by atoms with Gasteiger partial charge in [0, 0.05) is 37.2 Å². The molecule has 1 spiro atoms. The number of piperidine rings is 1. The molecule has 2 aromatic carbocycles. The van der Waals surface area contributed by atoms with E-state index >= 15 is 0 Å². The molecule has 8 heteroatoms. The van der Waals surface area contributed by atoms with Crippen LogP contribution in [0.1, 0.15) is 25.3 Å². The van der Waals surface area contributed by atoms with E-state index in [4.69, 9.17) is 21.6 Å². The summed E-state index contributed by atoms with van der Waals surface area (Å²) in [6, 6.07) is 14.1. The SMILES string of the molecule is CCN1CCC2(CC1)N=C(SCC(=O)Nc1ccc(F)c(Cl)c1)C(c1ccccc1)=N2. The average molecular weight is 459 g/mol. The summed E-state index contributed by atoms with van der Waals surface area (Å²) in [6.45, 7) is 5.14. The number of aliphatic imine (C=N–C) groups is 2. The van der Waals surface area contributed by atoms with Crippen LogP contribution in [0.15, 0.2) is 58.5 Å². The van der Waals surface area contributed by atoms with Crippen LogP contribution in [0, 0.1) is 5.82 Å². The molecule has 0 bridgehead atoms. The fraction of sp³-hybridized carbons (Fsp3) is 0.348. The van der Waals surface area contributed by atoms with Crippen molar-refractivity contribution in [3.05, 3.63) is 64.9 Å². The molecule has 1 fully saturated rings. The standard InChI is InChI=1S/C23H24ClFN4OS/c1-2-29-12-10-23(11-13-29)27-21(16-6-4-3-5-7-16)22(28-23)31-15-20(30)26-17-8-9-19(25)18(24)14-17/h3-9,14H,2,10-13,15H2,1H3,(H,26,30). The van der Waals surface area contributed by atoms with Crippen LogP contribution in [-0.2, 0) is 4.79 Å². The molecule has 2 aliphatic heterocycles. The fourth-order valence-electron chi connectivity index (χ4n) is 3.76. The molecule has 0 aliphatic carbocycles. The highest BCUT2D eigenvalue weighted by atomic mass is 35.5. The summed E-state index contributed by atoms with van der Waals surface area (Å²) in [4.78, 5) is 25.0. The lowest BCUT2D eigenvalue weighted by Crippen LogP contribution is -2.41. The quantitative estimate of drug-likeness (QED) is 0.695. The van der Waals surface area contributed by atoms with Crippen molar-refractivity contribution in [1.82, 2.24) is 4.90 Å². The van der Waals surface area contributed by atoms with E-state index in [2.05, 4.69) is 17.1 Å². The molecule has 162 valence electrons. The molecule has 4 rings (SSSR count). The van der Waals surface area contributed by atoms with Crippen LogP contribution in [0.3, 0.4) is 0 Å². The second kappa shape index (κ2) is 9.51. The van der Waals surface area contributed by atoms with Crippen LogP contribution < -0.4 is 5.32 Å². The number of amides is 1. The number of nitrogens with one attached hydrogen (secondary N) is 1. The van der Waals surface area contributed by atoms with Gasteiger partial charge in [0.2, 0.25) is 5.91 Å². The zero-order valence-electron chi connectivity index (χ0n) is 17.3. The fourth-order valence-corrected chi connectivity index (χ4v) is 4.82. The van der Waals surface area contributed by atoms with E-state index in [9.17, 15) is 9.18 Å². The number of carbonyl (C=O) groups excluding carboxylic acids is 1. The molecule has 2 aliphatic rings. The summed E-state index contributed by atoms with van der Waals surface area (Å²) in [6.07, 6.45) is 1.75. The molecule has 0 unspecified atom stereocenters. The second-order valence-electron chi connectivity index (χ2n) is 7.63. The lowest BCUT2D eigenvalue weighted by molar-refractivity contribution is -0.113. The smallest absolute Gasteiger partial charge is 0.234 e. The number of carbonyl (C=O) groups is 1. The monoisotopic (exact) mass is 458 g/mol. The first-order valence-electron chi connectivity index (χ1n) is 10.3. The van der Waals surface area contributed by atoms with Crippen LogP contribution in [0.2, 0.25) is 5.02 Å². The van der Waals surface area contributed by atoms with Crippen molar-refractivity contribution in [3.63, 3.8) is 0 Å². The Morgan fingerprint density at radius 1 is 1.19 bits per heavy atom. The van der Waals surface area contributed by atoms with Gasteiger partial charge in [-0.05, 0) is 24.7 Å². The third kappa shape index (κ3) is 5.17. The van der Waals surface area contributed by atoms with Crippen molar-refractivity contribution in [2.45, 2.75) is 25.4 Å². The molecule has 0 radical (unpaired) electrons. The minimum Gasteiger partial charge on any atom is -0.325 e. The highest BCUT2D eigenvalue weighted by Gasteiger charge is 2.39. The molecule has 1 N–H and O–H groups in total. The van der Waals surface area contributed by atoms with Crippen LogP contribution in [0.25, 0.3) is 0 Å². The molecular formula is C23H24ClFN4OS. The predicted octanol–water partition coefficient (Wildman–Crippen LogP) is 4.86. The van der Waals surface area contributed by atoms with Gasteiger partial charge in [-0.2, -0.15) is 0 Å². The van der Waals surface area contributed by atoms with Crippen LogP contribution in [-0.4, -0.2) is 52.6 Å². The van der Waals surface area contributed by atoms with Gasteiger partial charge in [-0.1, -0.05) is 60.6 Å². The molecule has 0 aromatic heterocycles. The lowest BCUT2D eigenvalue weighted by atomic mass is 9.98. The van der Waals surface area contributed by atoms with Crippen LogP contribution in [0.5, 0.6) is 0 Å². The first-order valence-corrected chi connectivity index (χ1v) is 11.7. The Morgan fingerprint density at radius 2 is 1.94 bits per heavy atom. The van der Waals surface area contributed by atoms with E-state index in [1.807, 2.05) is 30.3 Å². The van der Waals surface area contributed by atoms with Gasteiger partial charge in [-0.15, -0.1) is 0 Å². The van der Waals surface area contributed by atoms with Crippen molar-refractivity contribution in [2.24, 2.45) is 9.98 Å². The number of benzene rings is 2. The van der Waals surface area contributed by atoms with Crippen molar-refractivity contribution in [1.29, 1.82) is 0 Å². The highest BCUT2D eigenvalue weighted by molar-refractivity contribution is 8.16. The number of likely N-dealkylation sites (tertiary alicyclic amines) is 1. The first kappa shape index (κ1) is 22.0. The molecule has 0 saturated carbocycles. The van der Waals surface area contributed by atoms with E-state index in [-0.39, 0.29) is 16.7 Å². The van der Waals surface area contributed by atoms with E-state index in [1.165, 1.54) is 30.0 Å². The Balaban J connectivity index is 1.48. The molecular weight excluding hydrogens is 435 g/mol. The minimum absolute atomic E-state index is 0.0236. The summed E-state index contributed by atoms with van der Waals surface area (Å²) >= 11 is 7.18. The van der Waals surface area contributed by atoms with Crippen LogP contribution in [0.4, 0.5) is 10.1 Å². The number of rotatable bonds is 5. The van der Waals surface area contributed by atoms with Gasteiger partial charge in [0.1, 0.15) is 10.9 Å². The summed E-state index contributed by atoms with van der Waals surface area (Å²) in [5.74, 6) is -0.543. The van der Waals surface area contributed by atoms with E-state index in [0.717, 1.165) is 48.8 Å². The van der Waals surface area contributed by atoms with Gasteiger partial charge in [-0.25, -0.2) is 9.38 Å². The molecule has 1 amide bonds. The normalized spacial score (nSPS) is 18.0. The van der Waals surface area contributed by atoms with Gasteiger partial charge < -0.3 is 10.2 Å². The third-order valence-electron chi connectivity index (χ3n) is 5.53. The minimum atomic E-state index is -0.516. The van der Waals surface area contributed by atoms with Gasteiger partial charge in [0.05, 0.1) is 16.5 Å². The Labute approximate surface area is 190 Å². The van der Waals surface area contributed by atoms with Crippen molar-refractivity contribution < 1.29 is 9.18 Å². The lowest BCUT2D eigenvalue weighted by Gasteiger charge is -2.34. The maximum Gasteiger partial charge on any atom is 0.234 e. The van der Waals surface area contributed by atoms with Crippen LogP contribution >= 0.6 is 23.4 Å². The number of anilines is 1. The van der Waals surface area contributed by atoms with Gasteiger partial charge in [-0.3, -0.25) is 9.79 Å². The Morgan fingerprint density at radius 3 is 2.61 bits per heavy atom. The number of thioether (sulfide) groups is 1. The maximum atomic E-state index is 13.3. The number of halogens is 2. The summed E-state index contributed by atoms with van der Waals surface area (Å²) < 4.78 is 13.3.